The fourth-order valence-corrected chi connectivity index (χ4v) is 2.77. The predicted octanol–water partition coefficient (Wildman–Crippen LogP) is 2.81. The number of benzene rings is 1. The molecular formula is C17H23ClN4O. The monoisotopic (exact) mass is 334 g/mol. The van der Waals surface area contributed by atoms with Gasteiger partial charge in [-0.2, -0.15) is 5.10 Å². The summed E-state index contributed by atoms with van der Waals surface area (Å²) in [5.74, 6) is -0.0774. The van der Waals surface area contributed by atoms with Crippen LogP contribution in [0.15, 0.2) is 36.5 Å². The van der Waals surface area contributed by atoms with Crippen LogP contribution in [0.4, 0.5) is 5.69 Å². The largest absolute Gasteiger partial charge is 0.315 e. The molecule has 1 aromatic carbocycles. The second-order valence-electron chi connectivity index (χ2n) is 5.88. The Labute approximate surface area is 143 Å². The van der Waals surface area contributed by atoms with E-state index < -0.39 is 0 Å². The van der Waals surface area contributed by atoms with E-state index in [4.69, 9.17) is 0 Å². The molecule has 1 aliphatic heterocycles. The van der Waals surface area contributed by atoms with E-state index in [9.17, 15) is 4.79 Å². The van der Waals surface area contributed by atoms with Crippen molar-refractivity contribution in [1.29, 1.82) is 0 Å². The lowest BCUT2D eigenvalue weighted by atomic mass is 10.1. The van der Waals surface area contributed by atoms with Crippen molar-refractivity contribution < 1.29 is 4.79 Å². The molecule has 2 heterocycles. The molecule has 1 saturated heterocycles. The summed E-state index contributed by atoms with van der Waals surface area (Å²) in [6.07, 6.45) is 4.17. The molecule has 1 aromatic heterocycles. The molecule has 6 heteroatoms. The number of amides is 1. The highest BCUT2D eigenvalue weighted by atomic mass is 35.5. The van der Waals surface area contributed by atoms with Gasteiger partial charge >= 0.3 is 0 Å². The molecule has 1 unspecified atom stereocenters. The topological polar surface area (TPSA) is 50.2 Å². The summed E-state index contributed by atoms with van der Waals surface area (Å²) in [6, 6.07) is 10.1. The van der Waals surface area contributed by atoms with Crippen LogP contribution in [0.5, 0.6) is 0 Å². The minimum atomic E-state index is -0.0774. The number of nitrogens with zero attached hydrogens (tertiary/aromatic N) is 3. The summed E-state index contributed by atoms with van der Waals surface area (Å²) >= 11 is 0. The quantitative estimate of drug-likeness (QED) is 0.939. The van der Waals surface area contributed by atoms with Crippen LogP contribution < -0.4 is 10.2 Å². The van der Waals surface area contributed by atoms with Crippen LogP contribution in [-0.4, -0.2) is 35.8 Å². The molecular weight excluding hydrogens is 312 g/mol. The third kappa shape index (κ3) is 3.92. The average molecular weight is 335 g/mol. The molecule has 1 N–H and O–H groups in total. The van der Waals surface area contributed by atoms with Gasteiger partial charge in [0, 0.05) is 25.5 Å². The molecule has 0 spiro atoms. The summed E-state index contributed by atoms with van der Waals surface area (Å²) in [5, 5.41) is 7.85. The summed E-state index contributed by atoms with van der Waals surface area (Å²) in [4.78, 5) is 14.2. The van der Waals surface area contributed by atoms with Gasteiger partial charge in [0.15, 0.2) is 5.69 Å². The highest BCUT2D eigenvalue weighted by Crippen LogP contribution is 2.18. The van der Waals surface area contributed by atoms with Gasteiger partial charge < -0.3 is 10.2 Å². The number of piperidine rings is 1. The lowest BCUT2D eigenvalue weighted by Crippen LogP contribution is -2.32. The van der Waals surface area contributed by atoms with Crippen LogP contribution in [0, 0.1) is 6.92 Å². The molecule has 0 radical (unpaired) electrons. The highest BCUT2D eigenvalue weighted by molar-refractivity contribution is 6.04. The first-order valence-electron chi connectivity index (χ1n) is 7.76. The normalized spacial score (nSPS) is 17.4. The SMILES string of the molecule is Cc1ccc(N(C)C(=O)c2ccn(C3CCCNC3)n2)cc1.Cl. The summed E-state index contributed by atoms with van der Waals surface area (Å²) in [5.41, 5.74) is 2.55. The van der Waals surface area contributed by atoms with Crippen LogP contribution >= 0.6 is 12.4 Å². The molecule has 1 atom stereocenters. The summed E-state index contributed by atoms with van der Waals surface area (Å²) in [7, 11) is 1.79. The van der Waals surface area contributed by atoms with Crippen LogP contribution in [0.25, 0.3) is 0 Å². The van der Waals surface area contributed by atoms with Crippen LogP contribution in [-0.2, 0) is 0 Å². The van der Waals surface area contributed by atoms with Gasteiger partial charge in [0.25, 0.3) is 5.91 Å². The molecule has 0 aliphatic carbocycles. The van der Waals surface area contributed by atoms with Crippen molar-refractivity contribution in [3.8, 4) is 0 Å². The van der Waals surface area contributed by atoms with Gasteiger partial charge in [0.1, 0.15) is 0 Å². The average Bonchev–Trinajstić information content (AvgIpc) is 3.05. The van der Waals surface area contributed by atoms with Crippen molar-refractivity contribution in [2.75, 3.05) is 25.0 Å². The first kappa shape index (κ1) is 17.5. The van der Waals surface area contributed by atoms with E-state index in [2.05, 4.69) is 10.4 Å². The van der Waals surface area contributed by atoms with E-state index in [1.807, 2.05) is 48.1 Å². The van der Waals surface area contributed by atoms with Crippen LogP contribution in [0.1, 0.15) is 34.9 Å². The Morgan fingerprint density at radius 2 is 2.04 bits per heavy atom. The van der Waals surface area contributed by atoms with E-state index in [1.165, 1.54) is 5.56 Å². The van der Waals surface area contributed by atoms with Gasteiger partial charge in [-0.05, 0) is 44.5 Å². The molecule has 2 aromatic rings. The van der Waals surface area contributed by atoms with Gasteiger partial charge in [-0.3, -0.25) is 9.48 Å². The van der Waals surface area contributed by atoms with Crippen molar-refractivity contribution in [3.05, 3.63) is 47.8 Å². The smallest absolute Gasteiger partial charge is 0.278 e. The molecule has 124 valence electrons. The van der Waals surface area contributed by atoms with E-state index in [0.717, 1.165) is 31.6 Å². The number of anilines is 1. The Bertz CT molecular complexity index is 647. The van der Waals surface area contributed by atoms with Crippen molar-refractivity contribution in [3.63, 3.8) is 0 Å². The zero-order valence-corrected chi connectivity index (χ0v) is 14.3. The summed E-state index contributed by atoms with van der Waals surface area (Å²) in [6.45, 7) is 4.02. The molecule has 1 amide bonds. The number of rotatable bonds is 3. The van der Waals surface area contributed by atoms with E-state index in [0.29, 0.717) is 11.7 Å². The Balaban J connectivity index is 0.00000192. The zero-order chi connectivity index (χ0) is 15.5. The number of halogens is 1. The number of aryl methyl sites for hydroxylation is 1. The predicted molar refractivity (Wildman–Crippen MR) is 94.5 cm³/mol. The third-order valence-corrected chi connectivity index (χ3v) is 4.20. The second kappa shape index (κ2) is 7.62. The maximum Gasteiger partial charge on any atom is 0.278 e. The number of carbonyl (C=O) groups excluding carboxylic acids is 1. The Hall–Kier alpha value is -1.85. The van der Waals surface area contributed by atoms with Crippen molar-refractivity contribution >= 4 is 24.0 Å². The maximum atomic E-state index is 12.6. The Kier molecular flexibility index (Phi) is 5.80. The molecule has 1 aliphatic rings. The first-order chi connectivity index (χ1) is 10.6. The first-order valence-corrected chi connectivity index (χ1v) is 7.76. The fourth-order valence-electron chi connectivity index (χ4n) is 2.77. The lowest BCUT2D eigenvalue weighted by molar-refractivity contribution is 0.0987. The number of aromatic nitrogens is 2. The zero-order valence-electron chi connectivity index (χ0n) is 13.5. The molecule has 5 nitrogen and oxygen atoms in total. The Morgan fingerprint density at radius 3 is 2.70 bits per heavy atom. The van der Waals surface area contributed by atoms with Crippen LogP contribution in [0.2, 0.25) is 0 Å². The van der Waals surface area contributed by atoms with Gasteiger partial charge in [-0.25, -0.2) is 0 Å². The maximum absolute atomic E-state index is 12.6. The minimum Gasteiger partial charge on any atom is -0.315 e. The van der Waals surface area contributed by atoms with Crippen molar-refractivity contribution in [2.24, 2.45) is 0 Å². The third-order valence-electron chi connectivity index (χ3n) is 4.20. The fraction of sp³-hybridized carbons (Fsp3) is 0.412. The molecule has 0 saturated carbocycles. The van der Waals surface area contributed by atoms with Crippen molar-refractivity contribution in [2.45, 2.75) is 25.8 Å². The van der Waals surface area contributed by atoms with Crippen molar-refractivity contribution in [1.82, 2.24) is 15.1 Å². The van der Waals surface area contributed by atoms with Crippen LogP contribution in [0.3, 0.4) is 0 Å². The van der Waals surface area contributed by atoms with Gasteiger partial charge in [0.2, 0.25) is 0 Å². The standard InChI is InChI=1S/C17H22N4O.ClH/c1-13-5-7-14(8-6-13)20(2)17(22)16-9-11-21(19-16)15-4-3-10-18-12-15;/h5-9,11,15,18H,3-4,10,12H2,1-2H3;1H. The van der Waals surface area contributed by atoms with E-state index in [1.54, 1.807) is 11.9 Å². The Morgan fingerprint density at radius 1 is 1.30 bits per heavy atom. The lowest BCUT2D eigenvalue weighted by Gasteiger charge is -2.23. The molecule has 0 bridgehead atoms. The summed E-state index contributed by atoms with van der Waals surface area (Å²) < 4.78 is 1.92. The van der Waals surface area contributed by atoms with E-state index >= 15 is 0 Å². The second-order valence-corrected chi connectivity index (χ2v) is 5.88. The molecule has 3 rings (SSSR count). The van der Waals surface area contributed by atoms with Gasteiger partial charge in [0.05, 0.1) is 6.04 Å². The molecule has 1 fully saturated rings. The highest BCUT2D eigenvalue weighted by Gasteiger charge is 2.20. The number of hydrogen-bond donors (Lipinski definition) is 1. The number of nitrogens with one attached hydrogen (secondary N) is 1. The number of hydrogen-bond acceptors (Lipinski definition) is 3. The number of carbonyl (C=O) groups is 1. The van der Waals surface area contributed by atoms with E-state index in [-0.39, 0.29) is 18.3 Å². The molecule has 23 heavy (non-hydrogen) atoms. The van der Waals surface area contributed by atoms with Gasteiger partial charge in [-0.1, -0.05) is 17.7 Å². The van der Waals surface area contributed by atoms with Gasteiger partial charge in [-0.15, -0.1) is 12.4 Å². The minimum absolute atomic E-state index is 0.